The van der Waals surface area contributed by atoms with Gasteiger partial charge in [0.25, 0.3) is 0 Å². The molecule has 0 amide bonds. The van der Waals surface area contributed by atoms with E-state index in [0.717, 1.165) is 19.6 Å². The van der Waals surface area contributed by atoms with Crippen molar-refractivity contribution >= 4 is 0 Å². The van der Waals surface area contributed by atoms with Crippen molar-refractivity contribution in [1.82, 2.24) is 15.4 Å². The van der Waals surface area contributed by atoms with E-state index >= 15 is 0 Å². The van der Waals surface area contributed by atoms with Gasteiger partial charge in [0.15, 0.2) is 0 Å². The van der Waals surface area contributed by atoms with Gasteiger partial charge in [-0.25, -0.2) is 0 Å². The molecule has 0 aromatic carbocycles. The summed E-state index contributed by atoms with van der Waals surface area (Å²) in [5, 5.41) is 10.1. The van der Waals surface area contributed by atoms with Crippen LogP contribution in [-0.4, -0.2) is 35.7 Å². The molecule has 0 saturated heterocycles. The van der Waals surface area contributed by atoms with E-state index in [1.807, 2.05) is 0 Å². The predicted octanol–water partition coefficient (Wildman–Crippen LogP) is -0.147. The normalized spacial score (nSPS) is 8.50. The smallest absolute Gasteiger partial charge is 0.0529 e. The van der Waals surface area contributed by atoms with E-state index in [1.165, 1.54) is 0 Å². The molecule has 0 unspecified atom stereocenters. The molecule has 0 fully saturated rings. The second-order valence-corrected chi connectivity index (χ2v) is 1.95. The van der Waals surface area contributed by atoms with Crippen LogP contribution in [0.3, 0.4) is 0 Å². The van der Waals surface area contributed by atoms with Gasteiger partial charge in [0.2, 0.25) is 0 Å². The van der Waals surface area contributed by atoms with Crippen LogP contribution < -0.4 is 5.73 Å². The summed E-state index contributed by atoms with van der Waals surface area (Å²) in [4.78, 5) is 0. The average Bonchev–Trinajstić information content (AvgIpc) is 2.18. The molecule has 0 atom stereocenters. The van der Waals surface area contributed by atoms with Gasteiger partial charge < -0.3 is 10.5 Å². The van der Waals surface area contributed by atoms with E-state index in [0.29, 0.717) is 0 Å². The molecule has 0 bridgehead atoms. The quantitative estimate of drug-likeness (QED) is 0.639. The van der Waals surface area contributed by atoms with Crippen LogP contribution in [0.15, 0.2) is 18.5 Å². The van der Waals surface area contributed by atoms with Crippen molar-refractivity contribution in [2.24, 2.45) is 5.73 Å². The Morgan fingerprint density at radius 1 is 1.33 bits per heavy atom. The van der Waals surface area contributed by atoms with E-state index in [9.17, 15) is 0 Å². The lowest BCUT2D eigenvalue weighted by Gasteiger charge is -1.89. The van der Waals surface area contributed by atoms with Gasteiger partial charge in [-0.15, -0.1) is 10.2 Å². The first-order valence-electron chi connectivity index (χ1n) is 3.69. The SMILES string of the molecule is COCCCN.c1cnnnc1. The molecule has 0 radical (unpaired) electrons. The van der Waals surface area contributed by atoms with Crippen LogP contribution in [0.25, 0.3) is 0 Å². The monoisotopic (exact) mass is 170 g/mol. The highest BCUT2D eigenvalue weighted by atomic mass is 16.5. The van der Waals surface area contributed by atoms with E-state index in [1.54, 1.807) is 25.6 Å². The molecule has 1 aromatic rings. The predicted molar refractivity (Wildman–Crippen MR) is 45.4 cm³/mol. The van der Waals surface area contributed by atoms with Crippen molar-refractivity contribution in [1.29, 1.82) is 0 Å². The molecule has 0 aliphatic heterocycles. The molecular formula is C7H14N4O. The molecule has 12 heavy (non-hydrogen) atoms. The Morgan fingerprint density at radius 2 is 2.00 bits per heavy atom. The second kappa shape index (κ2) is 9.93. The molecule has 0 spiro atoms. The second-order valence-electron chi connectivity index (χ2n) is 1.95. The van der Waals surface area contributed by atoms with Crippen LogP contribution in [0.5, 0.6) is 0 Å². The third-order valence-electron chi connectivity index (χ3n) is 0.961. The molecule has 5 heteroatoms. The minimum atomic E-state index is 0.730. The first-order valence-corrected chi connectivity index (χ1v) is 3.69. The lowest BCUT2D eigenvalue weighted by Crippen LogP contribution is -2.01. The van der Waals surface area contributed by atoms with Gasteiger partial charge in [-0.2, -0.15) is 0 Å². The van der Waals surface area contributed by atoms with Crippen LogP contribution >= 0.6 is 0 Å². The van der Waals surface area contributed by atoms with Gasteiger partial charge in [-0.05, 0) is 24.2 Å². The summed E-state index contributed by atoms with van der Waals surface area (Å²) < 4.78 is 4.70. The van der Waals surface area contributed by atoms with E-state index < -0.39 is 0 Å². The minimum absolute atomic E-state index is 0.730. The van der Waals surface area contributed by atoms with Crippen LogP contribution in [0.2, 0.25) is 0 Å². The molecule has 68 valence electrons. The average molecular weight is 170 g/mol. The van der Waals surface area contributed by atoms with Crippen LogP contribution in [0.4, 0.5) is 0 Å². The number of nitrogens with two attached hydrogens (primary N) is 1. The fourth-order valence-corrected chi connectivity index (χ4v) is 0.433. The Balaban J connectivity index is 0.000000202. The highest BCUT2D eigenvalue weighted by molar-refractivity contribution is 4.69. The van der Waals surface area contributed by atoms with Crippen LogP contribution in [0.1, 0.15) is 6.42 Å². The summed E-state index contributed by atoms with van der Waals surface area (Å²) in [7, 11) is 1.68. The van der Waals surface area contributed by atoms with Gasteiger partial charge in [0.1, 0.15) is 0 Å². The lowest BCUT2D eigenvalue weighted by molar-refractivity contribution is 0.197. The lowest BCUT2D eigenvalue weighted by atomic mass is 10.5. The van der Waals surface area contributed by atoms with Crippen LogP contribution in [-0.2, 0) is 4.74 Å². The number of methoxy groups -OCH3 is 1. The van der Waals surface area contributed by atoms with Crippen molar-refractivity contribution in [3.8, 4) is 0 Å². The summed E-state index contributed by atoms with van der Waals surface area (Å²) in [5.41, 5.74) is 5.13. The Hall–Kier alpha value is -1.07. The van der Waals surface area contributed by atoms with Gasteiger partial charge >= 0.3 is 0 Å². The molecular weight excluding hydrogens is 156 g/mol. The molecule has 0 saturated carbocycles. The van der Waals surface area contributed by atoms with Gasteiger partial charge in [0.05, 0.1) is 12.4 Å². The zero-order chi connectivity index (χ0) is 9.07. The van der Waals surface area contributed by atoms with Crippen molar-refractivity contribution in [3.05, 3.63) is 18.5 Å². The maximum absolute atomic E-state index is 5.13. The summed E-state index contributed by atoms with van der Waals surface area (Å²) in [5.74, 6) is 0. The Morgan fingerprint density at radius 3 is 2.17 bits per heavy atom. The standard InChI is InChI=1S/C4H11NO.C3H3N3/c1-6-4-2-3-5;1-2-4-6-5-3-1/h2-5H2,1H3;1-3H. The van der Waals surface area contributed by atoms with Crippen molar-refractivity contribution in [2.75, 3.05) is 20.3 Å². The number of ether oxygens (including phenoxy) is 1. The molecule has 0 aliphatic rings. The molecule has 2 N–H and O–H groups in total. The Kier molecular flexibility index (Phi) is 9.04. The molecule has 5 nitrogen and oxygen atoms in total. The number of aromatic nitrogens is 3. The minimum Gasteiger partial charge on any atom is -0.385 e. The van der Waals surface area contributed by atoms with E-state index in [4.69, 9.17) is 10.5 Å². The largest absolute Gasteiger partial charge is 0.385 e. The molecule has 0 aliphatic carbocycles. The number of rotatable bonds is 3. The van der Waals surface area contributed by atoms with E-state index in [-0.39, 0.29) is 0 Å². The highest BCUT2D eigenvalue weighted by Gasteiger charge is 1.74. The van der Waals surface area contributed by atoms with Gasteiger partial charge in [-0.1, -0.05) is 0 Å². The zero-order valence-corrected chi connectivity index (χ0v) is 7.18. The Bertz CT molecular complexity index is 128. The first kappa shape index (κ1) is 10.9. The molecule has 1 rings (SSSR count). The summed E-state index contributed by atoms with van der Waals surface area (Å²) in [6.07, 6.45) is 4.12. The topological polar surface area (TPSA) is 73.9 Å². The van der Waals surface area contributed by atoms with Gasteiger partial charge in [-0.3, -0.25) is 0 Å². The maximum Gasteiger partial charge on any atom is 0.0529 e. The summed E-state index contributed by atoms with van der Waals surface area (Å²) >= 11 is 0. The first-order chi connectivity index (χ1) is 5.91. The fourth-order valence-electron chi connectivity index (χ4n) is 0.433. The third kappa shape index (κ3) is 8.93. The summed E-state index contributed by atoms with van der Waals surface area (Å²) in [6, 6.07) is 1.72. The Labute approximate surface area is 71.9 Å². The fraction of sp³-hybridized carbons (Fsp3) is 0.571. The van der Waals surface area contributed by atoms with Crippen LogP contribution in [0, 0.1) is 0 Å². The van der Waals surface area contributed by atoms with Crippen molar-refractivity contribution in [3.63, 3.8) is 0 Å². The van der Waals surface area contributed by atoms with E-state index in [2.05, 4.69) is 15.4 Å². The summed E-state index contributed by atoms with van der Waals surface area (Å²) in [6.45, 7) is 1.52. The van der Waals surface area contributed by atoms with Crippen molar-refractivity contribution in [2.45, 2.75) is 6.42 Å². The maximum atomic E-state index is 5.13. The number of hydrogen-bond donors (Lipinski definition) is 1. The number of hydrogen-bond acceptors (Lipinski definition) is 5. The third-order valence-corrected chi connectivity index (χ3v) is 0.961. The van der Waals surface area contributed by atoms with Gasteiger partial charge in [0, 0.05) is 13.7 Å². The highest BCUT2D eigenvalue weighted by Crippen LogP contribution is 1.70. The molecule has 1 heterocycles. The zero-order valence-electron chi connectivity index (χ0n) is 7.18. The van der Waals surface area contributed by atoms with Crippen molar-refractivity contribution < 1.29 is 4.74 Å². The molecule has 1 aromatic heterocycles. The number of nitrogens with zero attached hydrogens (tertiary/aromatic N) is 3.